The van der Waals surface area contributed by atoms with Crippen LogP contribution >= 0.6 is 11.3 Å². The molecule has 0 aliphatic carbocycles. The Hall–Kier alpha value is -4.58. The number of aryl methyl sites for hydroxylation is 2. The number of nitro groups is 1. The predicted molar refractivity (Wildman–Crippen MR) is 143 cm³/mol. The lowest BCUT2D eigenvalue weighted by Crippen LogP contribution is -2.29. The number of hydrogen-bond acceptors (Lipinski definition) is 10. The van der Waals surface area contributed by atoms with Crippen molar-refractivity contribution in [1.29, 1.82) is 0 Å². The minimum atomic E-state index is -1.26. The number of carbonyl (C=O) groups is 3. The Bertz CT molecular complexity index is 1540. The van der Waals surface area contributed by atoms with E-state index in [1.54, 1.807) is 32.0 Å². The number of thiazole rings is 1. The van der Waals surface area contributed by atoms with Gasteiger partial charge in [0, 0.05) is 17.7 Å². The molecule has 0 saturated carbocycles. The molecule has 1 aliphatic rings. The first-order chi connectivity index (χ1) is 18.4. The third kappa shape index (κ3) is 5.10. The number of amides is 1. The molecule has 1 atom stereocenters. The zero-order chi connectivity index (χ0) is 28.6. The van der Waals surface area contributed by atoms with Crippen LogP contribution in [0.1, 0.15) is 51.9 Å². The molecule has 3 aromatic rings. The number of methoxy groups -OCH3 is 1. The second-order valence-electron chi connectivity index (χ2n) is 9.07. The number of aliphatic hydroxyl groups excluding tert-OH is 1. The van der Waals surface area contributed by atoms with Gasteiger partial charge in [-0.3, -0.25) is 24.6 Å². The van der Waals surface area contributed by atoms with Crippen molar-refractivity contribution >= 4 is 45.6 Å². The Morgan fingerprint density at radius 3 is 2.51 bits per heavy atom. The van der Waals surface area contributed by atoms with Crippen LogP contribution in [-0.4, -0.2) is 45.9 Å². The maximum absolute atomic E-state index is 13.4. The number of aromatic nitrogens is 1. The van der Waals surface area contributed by atoms with Crippen LogP contribution in [-0.2, 0) is 14.3 Å². The summed E-state index contributed by atoms with van der Waals surface area (Å²) in [5.74, 6) is -2.55. The van der Waals surface area contributed by atoms with Gasteiger partial charge in [-0.05, 0) is 57.0 Å². The summed E-state index contributed by atoms with van der Waals surface area (Å²) in [6, 6.07) is 9.00. The highest BCUT2D eigenvalue weighted by atomic mass is 32.1. The first-order valence-electron chi connectivity index (χ1n) is 11.8. The maximum atomic E-state index is 13.4. The normalized spacial score (nSPS) is 16.6. The summed E-state index contributed by atoms with van der Waals surface area (Å²) in [6.45, 7) is 7.08. The van der Waals surface area contributed by atoms with E-state index < -0.39 is 34.4 Å². The van der Waals surface area contributed by atoms with Gasteiger partial charge in [0.2, 0.25) is 0 Å². The summed E-state index contributed by atoms with van der Waals surface area (Å²) in [5, 5.41) is 22.9. The Kier molecular flexibility index (Phi) is 7.50. The van der Waals surface area contributed by atoms with E-state index in [2.05, 4.69) is 4.98 Å². The van der Waals surface area contributed by atoms with Crippen molar-refractivity contribution in [2.75, 3.05) is 12.0 Å². The second kappa shape index (κ2) is 10.7. The van der Waals surface area contributed by atoms with Gasteiger partial charge in [0.15, 0.2) is 5.13 Å². The van der Waals surface area contributed by atoms with Crippen molar-refractivity contribution in [1.82, 2.24) is 4.98 Å². The van der Waals surface area contributed by atoms with Gasteiger partial charge in [0.1, 0.15) is 16.4 Å². The zero-order valence-corrected chi connectivity index (χ0v) is 22.6. The minimum Gasteiger partial charge on any atom is -0.507 e. The van der Waals surface area contributed by atoms with Crippen LogP contribution in [0.3, 0.4) is 0 Å². The molecular weight excluding hydrogens is 526 g/mol. The van der Waals surface area contributed by atoms with Crippen molar-refractivity contribution in [2.24, 2.45) is 0 Å². The molecule has 0 radical (unpaired) electrons. The van der Waals surface area contributed by atoms with Crippen LogP contribution in [0.15, 0.2) is 48.0 Å². The Balaban J connectivity index is 1.93. The number of carbonyl (C=O) groups excluding carboxylic acids is 3. The van der Waals surface area contributed by atoms with Crippen molar-refractivity contribution in [3.63, 3.8) is 0 Å². The third-order valence-electron chi connectivity index (χ3n) is 6.01. The lowest BCUT2D eigenvalue weighted by Gasteiger charge is -2.23. The molecule has 1 aliphatic heterocycles. The van der Waals surface area contributed by atoms with Gasteiger partial charge in [-0.2, -0.15) is 0 Å². The number of ketones is 1. The SMILES string of the molecule is COC(=O)c1sc(N2C(=O)C(=O)/C(=C(/O)c3ccc(OC(C)C)c(C)c3)[C@@H]2c2cccc([N+](=O)[O-])c2)nc1C. The summed E-state index contributed by atoms with van der Waals surface area (Å²) in [7, 11) is 1.20. The fourth-order valence-corrected chi connectivity index (χ4v) is 5.27. The first kappa shape index (κ1) is 27.5. The molecular formula is C27H25N3O8S. The van der Waals surface area contributed by atoms with E-state index in [0.29, 0.717) is 11.3 Å². The highest BCUT2D eigenvalue weighted by Crippen LogP contribution is 2.44. The molecule has 0 unspecified atom stereocenters. The molecule has 1 aromatic heterocycles. The number of ether oxygens (including phenoxy) is 2. The minimum absolute atomic E-state index is 0.00224. The van der Waals surface area contributed by atoms with Crippen molar-refractivity contribution in [3.8, 4) is 5.75 Å². The number of aliphatic hydroxyl groups is 1. The number of Topliss-reactive ketones (excluding diaryl/α,β-unsaturated/α-hetero) is 1. The molecule has 0 spiro atoms. The van der Waals surface area contributed by atoms with Crippen molar-refractivity contribution in [2.45, 2.75) is 39.8 Å². The largest absolute Gasteiger partial charge is 0.507 e. The van der Waals surface area contributed by atoms with Gasteiger partial charge in [-0.25, -0.2) is 9.78 Å². The molecule has 0 bridgehead atoms. The number of esters is 1. The number of nitrogens with zero attached hydrogens (tertiary/aromatic N) is 3. The molecule has 12 heteroatoms. The second-order valence-corrected chi connectivity index (χ2v) is 10.0. The summed E-state index contributed by atoms with van der Waals surface area (Å²) < 4.78 is 10.5. The van der Waals surface area contributed by atoms with E-state index in [9.17, 15) is 29.6 Å². The van der Waals surface area contributed by atoms with Gasteiger partial charge in [0.05, 0.1) is 35.4 Å². The van der Waals surface area contributed by atoms with Crippen LogP contribution in [0.4, 0.5) is 10.8 Å². The number of benzene rings is 2. The molecule has 11 nitrogen and oxygen atoms in total. The monoisotopic (exact) mass is 551 g/mol. The molecule has 1 fully saturated rings. The van der Waals surface area contributed by atoms with Gasteiger partial charge in [-0.1, -0.05) is 23.5 Å². The fourth-order valence-electron chi connectivity index (χ4n) is 4.26. The van der Waals surface area contributed by atoms with Gasteiger partial charge < -0.3 is 14.6 Å². The van der Waals surface area contributed by atoms with Crippen LogP contribution < -0.4 is 9.64 Å². The van der Waals surface area contributed by atoms with Crippen LogP contribution in [0, 0.1) is 24.0 Å². The number of hydrogen-bond donors (Lipinski definition) is 1. The quantitative estimate of drug-likeness (QED) is 0.108. The number of non-ortho nitro benzene ring substituents is 1. The van der Waals surface area contributed by atoms with Gasteiger partial charge in [-0.15, -0.1) is 0 Å². The molecule has 4 rings (SSSR count). The highest BCUT2D eigenvalue weighted by Gasteiger charge is 2.48. The smallest absolute Gasteiger partial charge is 0.350 e. The zero-order valence-electron chi connectivity index (χ0n) is 21.8. The lowest BCUT2D eigenvalue weighted by molar-refractivity contribution is -0.384. The van der Waals surface area contributed by atoms with E-state index in [1.165, 1.54) is 31.4 Å². The molecule has 202 valence electrons. The van der Waals surface area contributed by atoms with Crippen LogP contribution in [0.2, 0.25) is 0 Å². The molecule has 2 heterocycles. The van der Waals surface area contributed by atoms with E-state index in [4.69, 9.17) is 9.47 Å². The van der Waals surface area contributed by atoms with E-state index in [0.717, 1.165) is 16.2 Å². The molecule has 1 saturated heterocycles. The average molecular weight is 552 g/mol. The van der Waals surface area contributed by atoms with Gasteiger partial charge >= 0.3 is 11.9 Å². The van der Waals surface area contributed by atoms with E-state index >= 15 is 0 Å². The predicted octanol–water partition coefficient (Wildman–Crippen LogP) is 4.87. The molecule has 1 N–H and O–H groups in total. The highest BCUT2D eigenvalue weighted by molar-refractivity contribution is 7.17. The van der Waals surface area contributed by atoms with Crippen molar-refractivity contribution < 1.29 is 33.9 Å². The Morgan fingerprint density at radius 2 is 1.90 bits per heavy atom. The molecule has 2 aromatic carbocycles. The summed E-state index contributed by atoms with van der Waals surface area (Å²) in [4.78, 5) is 55.4. The number of anilines is 1. The van der Waals surface area contributed by atoms with Crippen molar-refractivity contribution in [3.05, 3.63) is 85.4 Å². The molecule has 1 amide bonds. The topological polar surface area (TPSA) is 149 Å². The average Bonchev–Trinajstić information content (AvgIpc) is 3.40. The Labute approximate surface area is 227 Å². The Morgan fingerprint density at radius 1 is 1.18 bits per heavy atom. The summed E-state index contributed by atoms with van der Waals surface area (Å²) >= 11 is 0.836. The maximum Gasteiger partial charge on any atom is 0.350 e. The van der Waals surface area contributed by atoms with Crippen LogP contribution in [0.5, 0.6) is 5.75 Å². The summed E-state index contributed by atoms with van der Waals surface area (Å²) in [5.41, 5.74) is 0.876. The molecule has 39 heavy (non-hydrogen) atoms. The number of rotatable bonds is 7. The van der Waals surface area contributed by atoms with Gasteiger partial charge in [0.25, 0.3) is 11.5 Å². The van der Waals surface area contributed by atoms with E-state index in [1.807, 2.05) is 13.8 Å². The lowest BCUT2D eigenvalue weighted by atomic mass is 9.94. The fraction of sp³-hybridized carbons (Fsp3) is 0.259. The van der Waals surface area contributed by atoms with Crippen LogP contribution in [0.25, 0.3) is 5.76 Å². The summed E-state index contributed by atoms with van der Waals surface area (Å²) in [6.07, 6.45) is -0.0843. The third-order valence-corrected chi connectivity index (χ3v) is 7.15. The first-order valence-corrected chi connectivity index (χ1v) is 12.6. The number of nitro benzene ring substituents is 1. The standard InChI is InChI=1S/C27H25N3O8S/c1-13(2)38-19-10-9-17(11-14(19)3)22(31)20-21(16-7-6-8-18(12-16)30(35)36)29(25(33)23(20)32)27-28-15(4)24(39-27)26(34)37-5/h6-13,21,31H,1-5H3/b22-20+/t21-/m0/s1. The van der Waals surface area contributed by atoms with E-state index in [-0.39, 0.29) is 44.2 Å².